The zero-order valence-corrected chi connectivity index (χ0v) is 6.82. The molecule has 0 aromatic heterocycles. The van der Waals surface area contributed by atoms with Crippen LogP contribution >= 0.6 is 27.5 Å². The molecule has 0 amide bonds. The van der Waals surface area contributed by atoms with E-state index in [1.165, 1.54) is 12.8 Å². The van der Waals surface area contributed by atoms with Crippen molar-refractivity contribution in [3.05, 3.63) is 12.2 Å². The van der Waals surface area contributed by atoms with Crippen molar-refractivity contribution in [1.29, 1.82) is 0 Å². The molecular weight excluding hydrogens is 187 g/mol. The number of allylic oxidation sites excluding steroid dienone is 2. The van der Waals surface area contributed by atoms with Crippen LogP contribution in [0.1, 0.15) is 12.8 Å². The van der Waals surface area contributed by atoms with Gasteiger partial charge in [0.2, 0.25) is 0 Å². The summed E-state index contributed by atoms with van der Waals surface area (Å²) >= 11 is 9.30. The average molecular weight is 195 g/mol. The lowest BCUT2D eigenvalue weighted by Crippen LogP contribution is -2.14. The fourth-order valence-corrected chi connectivity index (χ4v) is 1.43. The lowest BCUT2D eigenvalue weighted by molar-refractivity contribution is 0.765. The Morgan fingerprint density at radius 3 is 2.75 bits per heavy atom. The van der Waals surface area contributed by atoms with Gasteiger partial charge in [-0.05, 0) is 12.8 Å². The molecule has 0 saturated heterocycles. The van der Waals surface area contributed by atoms with Crippen molar-refractivity contribution >= 4 is 27.5 Å². The first-order valence-corrected chi connectivity index (χ1v) is 4.11. The van der Waals surface area contributed by atoms with Crippen LogP contribution in [0.5, 0.6) is 0 Å². The quantitative estimate of drug-likeness (QED) is 0.412. The molecule has 0 aromatic carbocycles. The minimum Gasteiger partial charge on any atom is -0.117 e. The largest absolute Gasteiger partial charge is 0.117 e. The maximum absolute atomic E-state index is 5.83. The van der Waals surface area contributed by atoms with Crippen LogP contribution in [0.15, 0.2) is 12.2 Å². The Kier molecular flexibility index (Phi) is 2.39. The fourth-order valence-electron chi connectivity index (χ4n) is 0.761. The van der Waals surface area contributed by atoms with Gasteiger partial charge in [-0.2, -0.15) is 0 Å². The van der Waals surface area contributed by atoms with Crippen molar-refractivity contribution in [2.24, 2.45) is 0 Å². The highest BCUT2D eigenvalue weighted by atomic mass is 79.9. The summed E-state index contributed by atoms with van der Waals surface area (Å²) < 4.78 is 0. The first-order valence-electron chi connectivity index (χ1n) is 2.75. The van der Waals surface area contributed by atoms with Crippen molar-refractivity contribution in [2.75, 3.05) is 0 Å². The Bertz CT molecular complexity index is 101. The van der Waals surface area contributed by atoms with E-state index in [0.29, 0.717) is 4.83 Å². The normalized spacial score (nSPS) is 37.8. The molecule has 2 atom stereocenters. The van der Waals surface area contributed by atoms with Crippen molar-refractivity contribution in [3.63, 3.8) is 0 Å². The van der Waals surface area contributed by atoms with Crippen LogP contribution in [0, 0.1) is 0 Å². The van der Waals surface area contributed by atoms with E-state index in [1.54, 1.807) is 0 Å². The van der Waals surface area contributed by atoms with Gasteiger partial charge in [-0.15, -0.1) is 11.6 Å². The van der Waals surface area contributed by atoms with Crippen molar-refractivity contribution < 1.29 is 0 Å². The third kappa shape index (κ3) is 1.49. The summed E-state index contributed by atoms with van der Waals surface area (Å²) in [6.45, 7) is 0. The Morgan fingerprint density at radius 1 is 1.62 bits per heavy atom. The summed E-state index contributed by atoms with van der Waals surface area (Å²) in [5.74, 6) is 0. The summed E-state index contributed by atoms with van der Waals surface area (Å²) in [7, 11) is 0. The zero-order chi connectivity index (χ0) is 5.98. The highest BCUT2D eigenvalue weighted by molar-refractivity contribution is 9.09. The molecule has 2 heteroatoms. The van der Waals surface area contributed by atoms with E-state index in [1.807, 2.05) is 6.08 Å². The van der Waals surface area contributed by atoms with Gasteiger partial charge in [-0.25, -0.2) is 0 Å². The first kappa shape index (κ1) is 6.63. The highest BCUT2D eigenvalue weighted by Gasteiger charge is 2.14. The average Bonchev–Trinajstić information content (AvgIpc) is 1.77. The van der Waals surface area contributed by atoms with Gasteiger partial charge in [0, 0.05) is 4.83 Å². The van der Waals surface area contributed by atoms with E-state index in [0.717, 1.165) is 0 Å². The molecule has 1 aliphatic carbocycles. The van der Waals surface area contributed by atoms with Crippen LogP contribution in [0.25, 0.3) is 0 Å². The molecule has 0 N–H and O–H groups in total. The van der Waals surface area contributed by atoms with Gasteiger partial charge in [-0.3, -0.25) is 0 Å². The second-order valence-corrected chi connectivity index (χ2v) is 3.65. The maximum atomic E-state index is 5.83. The molecule has 0 heterocycles. The third-order valence-corrected chi connectivity index (χ3v) is 3.06. The van der Waals surface area contributed by atoms with Gasteiger partial charge < -0.3 is 0 Å². The molecule has 1 rings (SSSR count). The van der Waals surface area contributed by atoms with Gasteiger partial charge in [0.15, 0.2) is 0 Å². The molecule has 0 aliphatic heterocycles. The van der Waals surface area contributed by atoms with Crippen LogP contribution in [-0.4, -0.2) is 10.2 Å². The van der Waals surface area contributed by atoms with Gasteiger partial charge >= 0.3 is 0 Å². The Labute approximate surface area is 63.0 Å². The Hall–Kier alpha value is 0.510. The topological polar surface area (TPSA) is 0 Å². The van der Waals surface area contributed by atoms with E-state index in [-0.39, 0.29) is 5.38 Å². The van der Waals surface area contributed by atoms with Gasteiger partial charge in [0.1, 0.15) is 0 Å². The molecule has 8 heavy (non-hydrogen) atoms. The summed E-state index contributed by atoms with van der Waals surface area (Å²) in [6, 6.07) is 0. The van der Waals surface area contributed by atoms with Crippen molar-refractivity contribution in [1.82, 2.24) is 0 Å². The van der Waals surface area contributed by atoms with Crippen LogP contribution in [-0.2, 0) is 0 Å². The van der Waals surface area contributed by atoms with Crippen LogP contribution < -0.4 is 0 Å². The number of alkyl halides is 2. The molecular formula is C6H8BrCl. The van der Waals surface area contributed by atoms with Crippen molar-refractivity contribution in [2.45, 2.75) is 23.0 Å². The maximum Gasteiger partial charge on any atom is 0.0641 e. The van der Waals surface area contributed by atoms with Crippen LogP contribution in [0.2, 0.25) is 0 Å². The summed E-state index contributed by atoms with van der Waals surface area (Å²) in [6.07, 6.45) is 6.52. The van der Waals surface area contributed by atoms with Crippen molar-refractivity contribution in [3.8, 4) is 0 Å². The highest BCUT2D eigenvalue weighted by Crippen LogP contribution is 2.22. The third-order valence-electron chi connectivity index (χ3n) is 1.27. The predicted octanol–water partition coefficient (Wildman–Crippen LogP) is 2.71. The molecule has 1 aliphatic rings. The summed E-state index contributed by atoms with van der Waals surface area (Å²) in [4.78, 5) is 0.495. The SMILES string of the molecule is Cl[C@@H]1C=CCC[C@@H]1Br. The minimum absolute atomic E-state index is 0.212. The summed E-state index contributed by atoms with van der Waals surface area (Å²) in [5.41, 5.74) is 0. The Morgan fingerprint density at radius 2 is 2.38 bits per heavy atom. The number of hydrogen-bond acceptors (Lipinski definition) is 0. The summed E-state index contributed by atoms with van der Waals surface area (Å²) in [5, 5.41) is 0.212. The second-order valence-electron chi connectivity index (χ2n) is 1.97. The monoisotopic (exact) mass is 194 g/mol. The number of rotatable bonds is 0. The van der Waals surface area contributed by atoms with Crippen LogP contribution in [0.4, 0.5) is 0 Å². The Balaban J connectivity index is 2.47. The van der Waals surface area contributed by atoms with Gasteiger partial charge in [0.25, 0.3) is 0 Å². The molecule has 0 unspecified atom stereocenters. The fraction of sp³-hybridized carbons (Fsp3) is 0.667. The second kappa shape index (κ2) is 2.88. The molecule has 0 fully saturated rings. The lowest BCUT2D eigenvalue weighted by atomic mass is 10.1. The molecule has 46 valence electrons. The van der Waals surface area contributed by atoms with E-state index < -0.39 is 0 Å². The van der Waals surface area contributed by atoms with E-state index in [4.69, 9.17) is 11.6 Å². The minimum atomic E-state index is 0.212. The zero-order valence-electron chi connectivity index (χ0n) is 4.48. The lowest BCUT2D eigenvalue weighted by Gasteiger charge is -2.15. The van der Waals surface area contributed by atoms with E-state index in [9.17, 15) is 0 Å². The van der Waals surface area contributed by atoms with E-state index in [2.05, 4.69) is 22.0 Å². The smallest absolute Gasteiger partial charge is 0.0641 e. The van der Waals surface area contributed by atoms with Gasteiger partial charge in [0.05, 0.1) is 5.38 Å². The molecule has 0 saturated carbocycles. The van der Waals surface area contributed by atoms with Gasteiger partial charge in [-0.1, -0.05) is 28.1 Å². The standard InChI is InChI=1S/C6H8BrCl/c7-5-3-1-2-4-6(5)8/h2,4-6H,1,3H2/t5-,6+/m0/s1. The molecule has 0 spiro atoms. The first-order chi connectivity index (χ1) is 3.80. The predicted molar refractivity (Wildman–Crippen MR) is 40.7 cm³/mol. The van der Waals surface area contributed by atoms with Crippen LogP contribution in [0.3, 0.4) is 0 Å². The molecule has 0 aromatic rings. The van der Waals surface area contributed by atoms with E-state index >= 15 is 0 Å². The molecule has 0 radical (unpaired) electrons. The molecule has 0 nitrogen and oxygen atoms in total. The number of hydrogen-bond donors (Lipinski definition) is 0. The molecule has 0 bridgehead atoms. The number of halogens is 2.